The van der Waals surface area contributed by atoms with Crippen molar-refractivity contribution in [2.75, 3.05) is 0 Å². The molecule has 0 atom stereocenters. The quantitative estimate of drug-likeness (QED) is 0.176. The molecule has 0 aromatic rings. The summed E-state index contributed by atoms with van der Waals surface area (Å²) in [7, 11) is 0. The van der Waals surface area contributed by atoms with Crippen LogP contribution in [0.5, 0.6) is 0 Å². The van der Waals surface area contributed by atoms with Crippen LogP contribution < -0.4 is 17.2 Å². The molecule has 0 aliphatic carbocycles. The van der Waals surface area contributed by atoms with Gasteiger partial charge in [0, 0.05) is 0 Å². The highest BCUT2D eigenvalue weighted by atomic mass is 16.2. The molecule has 50 valence electrons. The van der Waals surface area contributed by atoms with Gasteiger partial charge < -0.3 is 17.2 Å². The zero-order valence-corrected chi connectivity index (χ0v) is 4.48. The van der Waals surface area contributed by atoms with Crippen molar-refractivity contribution < 1.29 is 4.79 Å². The number of rotatable bonds is 1. The molecule has 0 heterocycles. The zero-order chi connectivity index (χ0) is 7.28. The summed E-state index contributed by atoms with van der Waals surface area (Å²) < 4.78 is 0. The van der Waals surface area contributed by atoms with Crippen LogP contribution in [-0.4, -0.2) is 12.0 Å². The molecule has 0 rings (SSSR count). The minimum absolute atomic E-state index is 0.278. The lowest BCUT2D eigenvalue weighted by molar-refractivity contribution is 0.255. The van der Waals surface area contributed by atoms with Crippen LogP contribution in [-0.2, 0) is 0 Å². The summed E-state index contributed by atoms with van der Waals surface area (Å²) in [5.41, 5.74) is 14.1. The number of carbonyl (C=O) groups excluding carboxylic acids is 1. The van der Waals surface area contributed by atoms with Crippen LogP contribution in [0.4, 0.5) is 4.79 Å². The molecule has 0 saturated heterocycles. The lowest BCUT2D eigenvalue weighted by atomic mass is 11.1. The van der Waals surface area contributed by atoms with Gasteiger partial charge in [0.25, 0.3) is 0 Å². The lowest BCUT2D eigenvalue weighted by Crippen LogP contribution is -2.21. The molecule has 7 nitrogen and oxygen atoms in total. The SMILES string of the molecule is NC(=O)/N=N/N=C(N)N. The molecule has 0 fully saturated rings. The first-order chi connectivity index (χ1) is 4.13. The Morgan fingerprint density at radius 3 is 2.11 bits per heavy atom. The van der Waals surface area contributed by atoms with Crippen LogP contribution in [0, 0.1) is 0 Å². The predicted octanol–water partition coefficient (Wildman–Crippen LogP) is -1.29. The maximum atomic E-state index is 9.79. The lowest BCUT2D eigenvalue weighted by Gasteiger charge is -1.79. The normalized spacial score (nSPS) is 9.33. The minimum atomic E-state index is -0.944. The number of nitrogens with zero attached hydrogens (tertiary/aromatic N) is 3. The first-order valence-corrected chi connectivity index (χ1v) is 1.92. The van der Waals surface area contributed by atoms with Gasteiger partial charge in [-0.1, -0.05) is 10.2 Å². The highest BCUT2D eigenvalue weighted by Crippen LogP contribution is 1.73. The van der Waals surface area contributed by atoms with Crippen molar-refractivity contribution in [1.29, 1.82) is 0 Å². The number of carbonyl (C=O) groups is 1. The van der Waals surface area contributed by atoms with E-state index in [1.165, 1.54) is 0 Å². The largest absolute Gasteiger partial charge is 0.368 e. The van der Waals surface area contributed by atoms with Crippen LogP contribution in [0.25, 0.3) is 0 Å². The molecule has 0 unspecified atom stereocenters. The van der Waals surface area contributed by atoms with Crippen molar-refractivity contribution in [3.05, 3.63) is 0 Å². The zero-order valence-electron chi connectivity index (χ0n) is 4.48. The molecule has 0 radical (unpaired) electrons. The van der Waals surface area contributed by atoms with Crippen molar-refractivity contribution >= 4 is 12.0 Å². The number of amides is 2. The molecule has 0 bridgehead atoms. The number of guanidine groups is 1. The maximum absolute atomic E-state index is 9.79. The van der Waals surface area contributed by atoms with Crippen molar-refractivity contribution in [3.63, 3.8) is 0 Å². The standard InChI is InChI=1S/C2H6N6O/c3-1(4)6-8-7-2(5)9/h(H6,3,4,5,6,7,9). The third kappa shape index (κ3) is 6.34. The summed E-state index contributed by atoms with van der Waals surface area (Å²) in [4.78, 5) is 9.79. The molecule has 0 aliphatic rings. The average molecular weight is 130 g/mol. The fourth-order valence-corrected chi connectivity index (χ4v) is 0.118. The molecular formula is C2H6N6O. The molecule has 7 heteroatoms. The summed E-state index contributed by atoms with van der Waals surface area (Å²) in [5, 5.41) is 8.63. The van der Waals surface area contributed by atoms with E-state index < -0.39 is 6.03 Å². The van der Waals surface area contributed by atoms with Gasteiger partial charge in [-0.15, -0.1) is 0 Å². The van der Waals surface area contributed by atoms with Gasteiger partial charge in [0.05, 0.1) is 0 Å². The number of primary amides is 1. The van der Waals surface area contributed by atoms with Crippen LogP contribution in [0.3, 0.4) is 0 Å². The molecule has 9 heavy (non-hydrogen) atoms. The Bertz CT molecular complexity index is 154. The van der Waals surface area contributed by atoms with E-state index in [0.29, 0.717) is 0 Å². The first-order valence-electron chi connectivity index (χ1n) is 1.92. The van der Waals surface area contributed by atoms with Crippen LogP contribution in [0.1, 0.15) is 0 Å². The van der Waals surface area contributed by atoms with Crippen molar-refractivity contribution in [3.8, 4) is 0 Å². The highest BCUT2D eigenvalue weighted by Gasteiger charge is 1.81. The monoisotopic (exact) mass is 130 g/mol. The Hall–Kier alpha value is -1.66. The van der Waals surface area contributed by atoms with Crippen LogP contribution in [0.2, 0.25) is 0 Å². The number of hydrogen-bond acceptors (Lipinski definition) is 2. The van der Waals surface area contributed by atoms with Crippen LogP contribution in [0.15, 0.2) is 15.4 Å². The van der Waals surface area contributed by atoms with Crippen molar-refractivity contribution in [2.45, 2.75) is 0 Å². The van der Waals surface area contributed by atoms with Gasteiger partial charge in [0.15, 0.2) is 0 Å². The Balaban J connectivity index is 3.74. The molecule has 0 spiro atoms. The van der Waals surface area contributed by atoms with Crippen LogP contribution >= 0.6 is 0 Å². The summed E-state index contributed by atoms with van der Waals surface area (Å²) in [6.07, 6.45) is 0. The van der Waals surface area contributed by atoms with E-state index in [0.717, 1.165) is 0 Å². The second-order valence-corrected chi connectivity index (χ2v) is 1.05. The van der Waals surface area contributed by atoms with E-state index in [1.54, 1.807) is 0 Å². The van der Waals surface area contributed by atoms with E-state index in [4.69, 9.17) is 11.5 Å². The molecule has 2 amide bonds. The smallest absolute Gasteiger partial charge is 0.358 e. The molecule has 0 aromatic carbocycles. The predicted molar refractivity (Wildman–Crippen MR) is 30.2 cm³/mol. The van der Waals surface area contributed by atoms with E-state index in [2.05, 4.69) is 21.2 Å². The number of hydrogen-bond donors (Lipinski definition) is 3. The summed E-state index contributed by atoms with van der Waals surface area (Å²) in [5.74, 6) is -0.278. The second-order valence-electron chi connectivity index (χ2n) is 1.05. The summed E-state index contributed by atoms with van der Waals surface area (Å²) in [6.45, 7) is 0. The van der Waals surface area contributed by atoms with Gasteiger partial charge >= 0.3 is 6.03 Å². The summed E-state index contributed by atoms with van der Waals surface area (Å²) in [6, 6.07) is -0.944. The molecule has 0 saturated carbocycles. The van der Waals surface area contributed by atoms with Crippen molar-refractivity contribution in [1.82, 2.24) is 0 Å². The first kappa shape index (κ1) is 7.34. The van der Waals surface area contributed by atoms with E-state index in [1.807, 2.05) is 0 Å². The number of urea groups is 1. The Kier molecular flexibility index (Phi) is 2.74. The fraction of sp³-hybridized carbons (Fsp3) is 0. The van der Waals surface area contributed by atoms with Gasteiger partial charge in [-0.3, -0.25) is 0 Å². The topological polar surface area (TPSA) is 132 Å². The highest BCUT2D eigenvalue weighted by molar-refractivity contribution is 5.75. The Morgan fingerprint density at radius 2 is 1.78 bits per heavy atom. The van der Waals surface area contributed by atoms with E-state index in [9.17, 15) is 4.79 Å². The third-order valence-electron chi connectivity index (χ3n) is 0.303. The van der Waals surface area contributed by atoms with Gasteiger partial charge in [0.2, 0.25) is 5.96 Å². The van der Waals surface area contributed by atoms with E-state index >= 15 is 0 Å². The Labute approximate surface area is 50.6 Å². The third-order valence-corrected chi connectivity index (χ3v) is 0.303. The minimum Gasteiger partial charge on any atom is -0.368 e. The fourth-order valence-electron chi connectivity index (χ4n) is 0.118. The molecular weight excluding hydrogens is 124 g/mol. The molecule has 6 N–H and O–H groups in total. The van der Waals surface area contributed by atoms with Gasteiger partial charge in [-0.2, -0.15) is 0 Å². The molecule has 0 aliphatic heterocycles. The Morgan fingerprint density at radius 1 is 1.22 bits per heavy atom. The van der Waals surface area contributed by atoms with Crippen molar-refractivity contribution in [2.24, 2.45) is 32.6 Å². The molecule has 0 aromatic heterocycles. The average Bonchev–Trinajstić information content (AvgIpc) is 1.63. The second kappa shape index (κ2) is 3.36. The summed E-state index contributed by atoms with van der Waals surface area (Å²) >= 11 is 0. The number of nitrogens with two attached hydrogens (primary N) is 3. The van der Waals surface area contributed by atoms with Gasteiger partial charge in [-0.25, -0.2) is 4.79 Å². The van der Waals surface area contributed by atoms with E-state index in [-0.39, 0.29) is 5.96 Å². The maximum Gasteiger partial charge on any atom is 0.358 e. The van der Waals surface area contributed by atoms with Gasteiger partial charge in [0.1, 0.15) is 0 Å². The van der Waals surface area contributed by atoms with Gasteiger partial charge in [-0.05, 0) is 5.22 Å².